The summed E-state index contributed by atoms with van der Waals surface area (Å²) < 4.78 is 18.5. The summed E-state index contributed by atoms with van der Waals surface area (Å²) in [5.41, 5.74) is -0.223. The zero-order valence-corrected chi connectivity index (χ0v) is 11.7. The third-order valence-corrected chi connectivity index (χ3v) is 2.81. The van der Waals surface area contributed by atoms with Crippen molar-refractivity contribution < 1.29 is 18.8 Å². The zero-order chi connectivity index (χ0) is 16.1. The lowest BCUT2D eigenvalue weighted by molar-refractivity contribution is -0.387. The summed E-state index contributed by atoms with van der Waals surface area (Å²) >= 11 is 0. The minimum absolute atomic E-state index is 0.139. The maximum atomic E-state index is 13.2. The summed E-state index contributed by atoms with van der Waals surface area (Å²) in [6, 6.07) is 9.67. The lowest BCUT2D eigenvalue weighted by Crippen LogP contribution is -2.12. The van der Waals surface area contributed by atoms with E-state index < -0.39 is 22.3 Å². The smallest absolute Gasteiger partial charge is 0.306 e. The highest BCUT2D eigenvalue weighted by atomic mass is 19.1. The highest BCUT2D eigenvalue weighted by molar-refractivity contribution is 6.04. The fourth-order valence-corrected chi connectivity index (χ4v) is 1.83. The predicted octanol–water partition coefficient (Wildman–Crippen LogP) is 3.38. The second kappa shape index (κ2) is 6.66. The summed E-state index contributed by atoms with van der Waals surface area (Å²) in [5.74, 6) is -0.885. The number of nitrogens with one attached hydrogen (secondary N) is 1. The number of ether oxygens (including phenoxy) is 1. The van der Waals surface area contributed by atoms with Crippen molar-refractivity contribution in [3.8, 4) is 5.75 Å². The van der Waals surface area contributed by atoms with Gasteiger partial charge in [0, 0.05) is 17.3 Å². The highest BCUT2D eigenvalue weighted by Gasteiger charge is 2.16. The Morgan fingerprint density at radius 1 is 1.32 bits per heavy atom. The number of amides is 1. The van der Waals surface area contributed by atoms with Crippen LogP contribution in [0.25, 0.3) is 0 Å². The molecule has 0 saturated carbocycles. The predicted molar refractivity (Wildman–Crippen MR) is 78.6 cm³/mol. The van der Waals surface area contributed by atoms with E-state index >= 15 is 0 Å². The van der Waals surface area contributed by atoms with Gasteiger partial charge >= 0.3 is 5.69 Å². The van der Waals surface area contributed by atoms with Crippen molar-refractivity contribution in [2.45, 2.75) is 6.92 Å². The second-order valence-electron chi connectivity index (χ2n) is 4.34. The lowest BCUT2D eigenvalue weighted by atomic mass is 10.2. The Morgan fingerprint density at radius 3 is 2.77 bits per heavy atom. The number of carbonyl (C=O) groups is 1. The Kier molecular flexibility index (Phi) is 4.67. The number of anilines is 1. The molecule has 0 bridgehead atoms. The topological polar surface area (TPSA) is 81.5 Å². The normalized spacial score (nSPS) is 10.1. The van der Waals surface area contributed by atoms with Crippen molar-refractivity contribution in [3.05, 3.63) is 64.0 Å². The molecular formula is C15H13FN2O4. The van der Waals surface area contributed by atoms with Crippen LogP contribution >= 0.6 is 0 Å². The average Bonchev–Trinajstić information content (AvgIpc) is 2.49. The Labute approximate surface area is 125 Å². The molecule has 114 valence electrons. The van der Waals surface area contributed by atoms with Crippen LogP contribution in [0.4, 0.5) is 15.8 Å². The van der Waals surface area contributed by atoms with Gasteiger partial charge in [0.2, 0.25) is 5.82 Å². The first kappa shape index (κ1) is 15.4. The van der Waals surface area contributed by atoms with E-state index in [0.717, 1.165) is 12.1 Å². The second-order valence-corrected chi connectivity index (χ2v) is 4.34. The van der Waals surface area contributed by atoms with Gasteiger partial charge in [-0.05, 0) is 37.3 Å². The summed E-state index contributed by atoms with van der Waals surface area (Å²) in [6.45, 7) is 2.29. The van der Waals surface area contributed by atoms with E-state index in [4.69, 9.17) is 4.74 Å². The SMILES string of the molecule is CCOc1cccc(C(=O)Nc2ccc(F)c([N+](=O)[O-])c2)c1. The molecule has 2 rings (SSSR count). The molecule has 1 N–H and O–H groups in total. The molecule has 6 nitrogen and oxygen atoms in total. The largest absolute Gasteiger partial charge is 0.494 e. The number of benzene rings is 2. The van der Waals surface area contributed by atoms with Gasteiger partial charge in [0.25, 0.3) is 5.91 Å². The van der Waals surface area contributed by atoms with Crippen LogP contribution in [0, 0.1) is 15.9 Å². The molecule has 0 aliphatic carbocycles. The fourth-order valence-electron chi connectivity index (χ4n) is 1.83. The zero-order valence-electron chi connectivity index (χ0n) is 11.7. The van der Waals surface area contributed by atoms with Gasteiger partial charge in [0.05, 0.1) is 11.5 Å². The van der Waals surface area contributed by atoms with Gasteiger partial charge < -0.3 is 10.1 Å². The van der Waals surface area contributed by atoms with Gasteiger partial charge in [0.15, 0.2) is 0 Å². The summed E-state index contributed by atoms with van der Waals surface area (Å²) in [7, 11) is 0. The van der Waals surface area contributed by atoms with Crippen molar-refractivity contribution >= 4 is 17.3 Å². The molecule has 0 fully saturated rings. The first-order chi connectivity index (χ1) is 10.5. The molecule has 0 saturated heterocycles. The standard InChI is InChI=1S/C15H13FN2O4/c1-2-22-12-5-3-4-10(8-12)15(19)17-11-6-7-13(16)14(9-11)18(20)21/h3-9H,2H2,1H3,(H,17,19). The summed E-state index contributed by atoms with van der Waals surface area (Å²) in [6.07, 6.45) is 0. The number of carbonyl (C=O) groups excluding carboxylic acids is 1. The van der Waals surface area contributed by atoms with E-state index in [9.17, 15) is 19.3 Å². The van der Waals surface area contributed by atoms with Crippen molar-refractivity contribution in [1.82, 2.24) is 0 Å². The van der Waals surface area contributed by atoms with Crippen molar-refractivity contribution in [3.63, 3.8) is 0 Å². The number of hydrogen-bond donors (Lipinski definition) is 1. The van der Waals surface area contributed by atoms with Gasteiger partial charge in [-0.1, -0.05) is 6.07 Å². The van der Waals surface area contributed by atoms with E-state index in [1.165, 1.54) is 6.07 Å². The third kappa shape index (κ3) is 3.57. The van der Waals surface area contributed by atoms with E-state index in [-0.39, 0.29) is 5.69 Å². The molecule has 2 aromatic carbocycles. The molecule has 1 amide bonds. The van der Waals surface area contributed by atoms with Crippen molar-refractivity contribution in [1.29, 1.82) is 0 Å². The number of rotatable bonds is 5. The molecule has 0 aromatic heterocycles. The summed E-state index contributed by atoms with van der Waals surface area (Å²) in [4.78, 5) is 21.9. The maximum Gasteiger partial charge on any atom is 0.306 e. The molecule has 0 atom stereocenters. The van der Waals surface area contributed by atoms with Gasteiger partial charge in [-0.2, -0.15) is 4.39 Å². The van der Waals surface area contributed by atoms with Crippen LogP contribution in [-0.4, -0.2) is 17.4 Å². The Balaban J connectivity index is 2.20. The molecule has 22 heavy (non-hydrogen) atoms. The van der Waals surface area contributed by atoms with E-state index in [2.05, 4.69) is 5.32 Å². The fraction of sp³-hybridized carbons (Fsp3) is 0.133. The van der Waals surface area contributed by atoms with Crippen LogP contribution in [0.3, 0.4) is 0 Å². The quantitative estimate of drug-likeness (QED) is 0.678. The number of hydrogen-bond acceptors (Lipinski definition) is 4. The van der Waals surface area contributed by atoms with Crippen LogP contribution in [-0.2, 0) is 0 Å². The van der Waals surface area contributed by atoms with Gasteiger partial charge in [0.1, 0.15) is 5.75 Å². The Morgan fingerprint density at radius 2 is 2.09 bits per heavy atom. The van der Waals surface area contributed by atoms with E-state index in [1.54, 1.807) is 24.3 Å². The maximum absolute atomic E-state index is 13.2. The van der Waals surface area contributed by atoms with E-state index in [0.29, 0.717) is 17.9 Å². The third-order valence-electron chi connectivity index (χ3n) is 2.81. The van der Waals surface area contributed by atoms with Gasteiger partial charge in [-0.25, -0.2) is 0 Å². The molecule has 0 unspecified atom stereocenters. The number of halogens is 1. The monoisotopic (exact) mass is 304 g/mol. The molecule has 7 heteroatoms. The van der Waals surface area contributed by atoms with Crippen LogP contribution in [0.15, 0.2) is 42.5 Å². The summed E-state index contributed by atoms with van der Waals surface area (Å²) in [5, 5.41) is 13.2. The van der Waals surface area contributed by atoms with Crippen LogP contribution in [0.1, 0.15) is 17.3 Å². The Hall–Kier alpha value is -2.96. The molecule has 0 aliphatic rings. The Bertz CT molecular complexity index is 718. The van der Waals surface area contributed by atoms with Gasteiger partial charge in [-0.3, -0.25) is 14.9 Å². The number of nitrogens with zero attached hydrogens (tertiary/aromatic N) is 1. The lowest BCUT2D eigenvalue weighted by Gasteiger charge is -2.07. The van der Waals surface area contributed by atoms with Crippen molar-refractivity contribution in [2.24, 2.45) is 0 Å². The number of nitro benzene ring substituents is 1. The molecule has 2 aromatic rings. The van der Waals surface area contributed by atoms with Crippen LogP contribution in [0.5, 0.6) is 5.75 Å². The first-order valence-corrected chi connectivity index (χ1v) is 6.49. The van der Waals surface area contributed by atoms with Crippen LogP contribution < -0.4 is 10.1 Å². The molecule has 0 heterocycles. The van der Waals surface area contributed by atoms with E-state index in [1.807, 2.05) is 6.92 Å². The molecule has 0 aliphatic heterocycles. The average molecular weight is 304 g/mol. The highest BCUT2D eigenvalue weighted by Crippen LogP contribution is 2.22. The number of nitro groups is 1. The molecule has 0 spiro atoms. The first-order valence-electron chi connectivity index (χ1n) is 6.49. The minimum Gasteiger partial charge on any atom is -0.494 e. The van der Waals surface area contributed by atoms with Gasteiger partial charge in [-0.15, -0.1) is 0 Å². The minimum atomic E-state index is -0.957. The molecular weight excluding hydrogens is 291 g/mol. The van der Waals surface area contributed by atoms with Crippen molar-refractivity contribution in [2.75, 3.05) is 11.9 Å². The van der Waals surface area contributed by atoms with Crippen LogP contribution in [0.2, 0.25) is 0 Å². The molecule has 0 radical (unpaired) electrons.